The van der Waals surface area contributed by atoms with Gasteiger partial charge in [-0.3, -0.25) is 10.1 Å². The molecule has 1 aromatic carbocycles. The Morgan fingerprint density at radius 3 is 2.72 bits per heavy atom. The Balaban J connectivity index is 2.62. The van der Waals surface area contributed by atoms with Crippen molar-refractivity contribution < 1.29 is 13.7 Å². The number of nitro groups is 1. The molecule has 0 radical (unpaired) electrons. The number of nitrogens with zero attached hydrogens (tertiary/aromatic N) is 2. The third kappa shape index (κ3) is 2.07. The molecular weight excluding hydrogens is 264 g/mol. The van der Waals surface area contributed by atoms with Crippen LogP contribution in [0.4, 0.5) is 14.5 Å². The summed E-state index contributed by atoms with van der Waals surface area (Å²) in [4.78, 5) is 14.1. The molecule has 0 bridgehead atoms. The zero-order valence-corrected chi connectivity index (χ0v) is 9.71. The monoisotopic (exact) mass is 271 g/mol. The van der Waals surface area contributed by atoms with Gasteiger partial charge in [0.1, 0.15) is 10.8 Å². The smallest absolute Gasteiger partial charge is 0.305 e. The maximum atomic E-state index is 13.8. The van der Waals surface area contributed by atoms with Crippen LogP contribution in [0.1, 0.15) is 4.88 Å². The molecule has 8 heteroatoms. The molecule has 0 aliphatic heterocycles. The lowest BCUT2D eigenvalue weighted by molar-refractivity contribution is -0.387. The van der Waals surface area contributed by atoms with Crippen LogP contribution >= 0.6 is 11.3 Å². The summed E-state index contributed by atoms with van der Waals surface area (Å²) in [6.45, 7) is 0.190. The molecule has 0 unspecified atom stereocenters. The molecule has 2 aromatic rings. The molecule has 0 saturated heterocycles. The van der Waals surface area contributed by atoms with Crippen molar-refractivity contribution in [3.8, 4) is 10.6 Å². The fourth-order valence-electron chi connectivity index (χ4n) is 1.40. The van der Waals surface area contributed by atoms with Crippen LogP contribution in [0.25, 0.3) is 10.6 Å². The van der Waals surface area contributed by atoms with Crippen LogP contribution < -0.4 is 5.73 Å². The van der Waals surface area contributed by atoms with E-state index in [9.17, 15) is 18.9 Å². The summed E-state index contributed by atoms with van der Waals surface area (Å²) < 4.78 is 27.4. The Kier molecular flexibility index (Phi) is 3.30. The molecule has 0 atom stereocenters. The number of halogens is 2. The minimum Gasteiger partial charge on any atom is -0.326 e. The average molecular weight is 271 g/mol. The van der Waals surface area contributed by atoms with Crippen molar-refractivity contribution in [2.75, 3.05) is 0 Å². The zero-order valence-electron chi connectivity index (χ0n) is 8.89. The van der Waals surface area contributed by atoms with Crippen LogP contribution in [0.15, 0.2) is 18.3 Å². The van der Waals surface area contributed by atoms with Crippen LogP contribution in [-0.4, -0.2) is 9.91 Å². The average Bonchev–Trinajstić information content (AvgIpc) is 2.77. The molecule has 0 fully saturated rings. The normalized spacial score (nSPS) is 10.6. The van der Waals surface area contributed by atoms with Gasteiger partial charge in [0.05, 0.1) is 10.5 Å². The first-order chi connectivity index (χ1) is 8.54. The second-order valence-corrected chi connectivity index (χ2v) is 4.46. The van der Waals surface area contributed by atoms with E-state index in [4.69, 9.17) is 5.73 Å². The number of aromatic nitrogens is 1. The van der Waals surface area contributed by atoms with Gasteiger partial charge in [-0.05, 0) is 6.07 Å². The van der Waals surface area contributed by atoms with Crippen molar-refractivity contribution in [2.24, 2.45) is 5.73 Å². The summed E-state index contributed by atoms with van der Waals surface area (Å²) >= 11 is 0.996. The van der Waals surface area contributed by atoms with Crippen molar-refractivity contribution >= 4 is 17.0 Å². The predicted octanol–water partition coefficient (Wildman–Crippen LogP) is 2.46. The zero-order chi connectivity index (χ0) is 13.3. The fraction of sp³-hybridized carbons (Fsp3) is 0.100. The highest BCUT2D eigenvalue weighted by Gasteiger charge is 2.24. The molecule has 0 aliphatic rings. The number of rotatable bonds is 3. The third-order valence-electron chi connectivity index (χ3n) is 2.24. The van der Waals surface area contributed by atoms with Gasteiger partial charge in [-0.2, -0.15) is 4.39 Å². The van der Waals surface area contributed by atoms with E-state index in [1.54, 1.807) is 0 Å². The highest BCUT2D eigenvalue weighted by atomic mass is 32.1. The first kappa shape index (κ1) is 12.5. The van der Waals surface area contributed by atoms with Crippen LogP contribution in [0.3, 0.4) is 0 Å². The van der Waals surface area contributed by atoms with Crippen LogP contribution in [-0.2, 0) is 6.54 Å². The highest BCUT2D eigenvalue weighted by Crippen LogP contribution is 2.33. The molecule has 0 saturated carbocycles. The summed E-state index contributed by atoms with van der Waals surface area (Å²) in [5.41, 5.74) is 4.10. The van der Waals surface area contributed by atoms with Crippen LogP contribution in [0, 0.1) is 21.7 Å². The van der Waals surface area contributed by atoms with Crippen molar-refractivity contribution in [3.63, 3.8) is 0 Å². The van der Waals surface area contributed by atoms with E-state index >= 15 is 0 Å². The molecule has 2 rings (SSSR count). The molecule has 94 valence electrons. The van der Waals surface area contributed by atoms with E-state index in [0.29, 0.717) is 4.88 Å². The van der Waals surface area contributed by atoms with Gasteiger partial charge in [-0.25, -0.2) is 9.37 Å². The highest BCUT2D eigenvalue weighted by molar-refractivity contribution is 7.15. The molecule has 1 heterocycles. The van der Waals surface area contributed by atoms with Crippen molar-refractivity contribution in [1.29, 1.82) is 0 Å². The van der Waals surface area contributed by atoms with E-state index in [0.717, 1.165) is 23.5 Å². The molecule has 5 nitrogen and oxygen atoms in total. The minimum atomic E-state index is -1.22. The Morgan fingerprint density at radius 2 is 2.17 bits per heavy atom. The molecule has 0 aliphatic carbocycles. The number of benzene rings is 1. The quantitative estimate of drug-likeness (QED) is 0.686. The summed E-state index contributed by atoms with van der Waals surface area (Å²) in [6, 6.07) is 1.63. The summed E-state index contributed by atoms with van der Waals surface area (Å²) in [6.07, 6.45) is 1.39. The topological polar surface area (TPSA) is 82.0 Å². The lowest BCUT2D eigenvalue weighted by Crippen LogP contribution is -1.97. The maximum absolute atomic E-state index is 13.8. The second-order valence-electron chi connectivity index (χ2n) is 3.35. The summed E-state index contributed by atoms with van der Waals surface area (Å²) in [5, 5.41) is 10.6. The largest absolute Gasteiger partial charge is 0.326 e. The number of nitrogens with two attached hydrogens (primary N) is 1. The van der Waals surface area contributed by atoms with E-state index in [1.165, 1.54) is 6.20 Å². The predicted molar refractivity (Wildman–Crippen MR) is 62.0 cm³/mol. The number of hydrogen-bond acceptors (Lipinski definition) is 5. The van der Waals surface area contributed by atoms with E-state index in [2.05, 4.69) is 4.98 Å². The number of hydrogen-bond donors (Lipinski definition) is 1. The summed E-state index contributed by atoms with van der Waals surface area (Å²) in [7, 11) is 0. The van der Waals surface area contributed by atoms with Gasteiger partial charge in [0, 0.05) is 23.7 Å². The van der Waals surface area contributed by atoms with Gasteiger partial charge in [0.2, 0.25) is 5.82 Å². The van der Waals surface area contributed by atoms with Crippen LogP contribution in [0.5, 0.6) is 0 Å². The first-order valence-corrected chi connectivity index (χ1v) is 5.63. The van der Waals surface area contributed by atoms with E-state index < -0.39 is 27.8 Å². The van der Waals surface area contributed by atoms with E-state index in [1.807, 2.05) is 0 Å². The molecular formula is C10H7F2N3O2S. The van der Waals surface area contributed by atoms with Crippen molar-refractivity contribution in [2.45, 2.75) is 6.54 Å². The Bertz CT molecular complexity index is 615. The summed E-state index contributed by atoms with van der Waals surface area (Å²) in [5.74, 6) is -2.12. The van der Waals surface area contributed by atoms with Gasteiger partial charge >= 0.3 is 5.69 Å². The van der Waals surface area contributed by atoms with Crippen molar-refractivity contribution in [1.82, 2.24) is 4.98 Å². The van der Waals surface area contributed by atoms with Crippen molar-refractivity contribution in [3.05, 3.63) is 45.0 Å². The Morgan fingerprint density at radius 1 is 1.44 bits per heavy atom. The molecule has 0 amide bonds. The van der Waals surface area contributed by atoms with E-state index in [-0.39, 0.29) is 11.6 Å². The van der Waals surface area contributed by atoms with Gasteiger partial charge in [-0.15, -0.1) is 11.3 Å². The lowest BCUT2D eigenvalue weighted by Gasteiger charge is -2.01. The lowest BCUT2D eigenvalue weighted by atomic mass is 10.2. The molecule has 0 spiro atoms. The maximum Gasteiger partial charge on any atom is 0.305 e. The fourth-order valence-corrected chi connectivity index (χ4v) is 2.23. The number of nitro benzene ring substituents is 1. The Labute approximate surface area is 104 Å². The minimum absolute atomic E-state index is 0.0363. The second kappa shape index (κ2) is 4.75. The number of thiazole rings is 1. The van der Waals surface area contributed by atoms with Crippen LogP contribution in [0.2, 0.25) is 0 Å². The SMILES string of the molecule is NCc1cnc(-c2c(F)ccc([N+](=O)[O-])c2F)s1. The molecule has 2 N–H and O–H groups in total. The van der Waals surface area contributed by atoms with Gasteiger partial charge < -0.3 is 5.73 Å². The van der Waals surface area contributed by atoms with Gasteiger partial charge in [-0.1, -0.05) is 0 Å². The third-order valence-corrected chi connectivity index (χ3v) is 3.27. The molecule has 1 aromatic heterocycles. The standard InChI is InChI=1S/C10H7F2N3O2S/c11-6-1-2-7(15(16)17)9(12)8(6)10-14-4-5(3-13)18-10/h1-2,4H,3,13H2. The Hall–Kier alpha value is -1.93. The first-order valence-electron chi connectivity index (χ1n) is 4.82. The van der Waals surface area contributed by atoms with Gasteiger partial charge in [0.25, 0.3) is 0 Å². The van der Waals surface area contributed by atoms with Gasteiger partial charge in [0.15, 0.2) is 0 Å². The molecule has 18 heavy (non-hydrogen) atoms.